The second kappa shape index (κ2) is 8.82. The van der Waals surface area contributed by atoms with E-state index in [0.717, 1.165) is 4.47 Å². The van der Waals surface area contributed by atoms with Crippen LogP contribution in [0.4, 0.5) is 0 Å². The molecule has 0 heterocycles. The average molecular weight is 552 g/mol. The summed E-state index contributed by atoms with van der Waals surface area (Å²) < 4.78 is 1.13. The summed E-state index contributed by atoms with van der Waals surface area (Å²) in [7, 11) is 0. The fourth-order valence-corrected chi connectivity index (χ4v) is 6.66. The lowest BCUT2D eigenvalue weighted by Gasteiger charge is -2.20. The van der Waals surface area contributed by atoms with Crippen molar-refractivity contribution in [3.8, 4) is 33.4 Å². The number of benzene rings is 7. The Morgan fingerprint density at radius 3 is 1.18 bits per heavy atom. The van der Waals surface area contributed by atoms with Crippen molar-refractivity contribution >= 4 is 48.2 Å². The summed E-state index contributed by atoms with van der Waals surface area (Å²) in [6.45, 7) is 6.51. The van der Waals surface area contributed by atoms with E-state index in [-0.39, 0.29) is 0 Å². The van der Waals surface area contributed by atoms with Gasteiger partial charge in [0.15, 0.2) is 0 Å². The maximum Gasteiger partial charge on any atom is 0.0260 e. The molecule has 0 saturated heterocycles. The van der Waals surface area contributed by atoms with Crippen LogP contribution in [0.15, 0.2) is 114 Å². The molecule has 0 unspecified atom stereocenters. The molecule has 0 aliphatic heterocycles. The van der Waals surface area contributed by atoms with Gasteiger partial charge >= 0.3 is 0 Å². The monoisotopic (exact) mass is 550 g/mol. The first-order chi connectivity index (χ1) is 18.5. The Morgan fingerprint density at radius 2 is 0.763 bits per heavy atom. The van der Waals surface area contributed by atoms with E-state index in [1.807, 2.05) is 0 Å². The van der Waals surface area contributed by atoms with Gasteiger partial charge in [-0.25, -0.2) is 0 Å². The molecule has 0 N–H and O–H groups in total. The fourth-order valence-electron chi connectivity index (χ4n) is 6.10. The second-order valence-electron chi connectivity index (χ2n) is 10.6. The molecule has 0 bridgehead atoms. The van der Waals surface area contributed by atoms with Gasteiger partial charge in [-0.3, -0.25) is 0 Å². The topological polar surface area (TPSA) is 0 Å². The van der Waals surface area contributed by atoms with Gasteiger partial charge < -0.3 is 0 Å². The van der Waals surface area contributed by atoms with Gasteiger partial charge in [0.1, 0.15) is 0 Å². The van der Waals surface area contributed by atoms with Gasteiger partial charge in [-0.15, -0.1) is 0 Å². The highest BCUT2D eigenvalue weighted by Gasteiger charge is 2.20. The summed E-state index contributed by atoms with van der Waals surface area (Å²) in [5.74, 6) is 0. The SMILES string of the molecule is Cc1cccc(-c2cc(Br)c3ccc4c(-c5cccc(C)c5)cc(-c5cccc(C)c5)c5ccc2c3c45)c1. The van der Waals surface area contributed by atoms with E-state index in [2.05, 4.69) is 146 Å². The molecule has 1 heteroatoms. The third-order valence-electron chi connectivity index (χ3n) is 7.84. The van der Waals surface area contributed by atoms with E-state index >= 15 is 0 Å². The minimum absolute atomic E-state index is 1.13. The molecule has 0 aromatic heterocycles. The molecular formula is C37H27Br. The summed E-state index contributed by atoms with van der Waals surface area (Å²) in [4.78, 5) is 0. The van der Waals surface area contributed by atoms with Crippen LogP contribution < -0.4 is 0 Å². The largest absolute Gasteiger partial charge is 0.0614 e. The molecule has 182 valence electrons. The van der Waals surface area contributed by atoms with Gasteiger partial charge in [0.25, 0.3) is 0 Å². The van der Waals surface area contributed by atoms with Crippen LogP contribution in [0.3, 0.4) is 0 Å². The first-order valence-corrected chi connectivity index (χ1v) is 13.9. The van der Waals surface area contributed by atoms with Crippen LogP contribution in [0, 0.1) is 20.8 Å². The molecule has 0 amide bonds. The van der Waals surface area contributed by atoms with Crippen molar-refractivity contribution in [3.63, 3.8) is 0 Å². The van der Waals surface area contributed by atoms with Crippen molar-refractivity contribution < 1.29 is 0 Å². The number of hydrogen-bond acceptors (Lipinski definition) is 0. The van der Waals surface area contributed by atoms with Crippen LogP contribution in [-0.2, 0) is 0 Å². The third kappa shape index (κ3) is 3.65. The summed E-state index contributed by atoms with van der Waals surface area (Å²) in [6.07, 6.45) is 0. The minimum atomic E-state index is 1.13. The summed E-state index contributed by atoms with van der Waals surface area (Å²) in [6, 6.07) is 40.6. The van der Waals surface area contributed by atoms with Gasteiger partial charge in [-0.1, -0.05) is 130 Å². The number of rotatable bonds is 3. The van der Waals surface area contributed by atoms with E-state index in [1.165, 1.54) is 82.4 Å². The zero-order chi connectivity index (χ0) is 26.0. The highest BCUT2D eigenvalue weighted by molar-refractivity contribution is 9.10. The Kier molecular flexibility index (Phi) is 5.39. The third-order valence-corrected chi connectivity index (χ3v) is 8.49. The van der Waals surface area contributed by atoms with Crippen LogP contribution in [0.1, 0.15) is 16.7 Å². The van der Waals surface area contributed by atoms with E-state index in [0.29, 0.717) is 0 Å². The van der Waals surface area contributed by atoms with E-state index < -0.39 is 0 Å². The number of hydrogen-bond donors (Lipinski definition) is 0. The molecule has 7 rings (SSSR count). The molecule has 0 aliphatic carbocycles. The molecule has 0 spiro atoms. The highest BCUT2D eigenvalue weighted by Crippen LogP contribution is 2.47. The van der Waals surface area contributed by atoms with Crippen molar-refractivity contribution in [2.75, 3.05) is 0 Å². The highest BCUT2D eigenvalue weighted by atomic mass is 79.9. The molecule has 0 aliphatic rings. The van der Waals surface area contributed by atoms with Crippen molar-refractivity contribution in [3.05, 3.63) is 130 Å². The molecule has 7 aromatic carbocycles. The summed E-state index contributed by atoms with van der Waals surface area (Å²) >= 11 is 3.95. The summed E-state index contributed by atoms with van der Waals surface area (Å²) in [5.41, 5.74) is 11.4. The maximum atomic E-state index is 3.95. The Balaban J connectivity index is 1.68. The fraction of sp³-hybridized carbons (Fsp3) is 0.0811. The van der Waals surface area contributed by atoms with Crippen LogP contribution in [-0.4, -0.2) is 0 Å². The number of halogens is 1. The molecular weight excluding hydrogens is 524 g/mol. The standard InChI is InChI=1S/C37H27Br/c1-22-7-4-10-25(17-22)32-20-33(26-11-5-8-23(2)18-26)29-15-16-31-35(38)21-34(27-12-6-9-24(3)19-27)30-14-13-28(32)36(29)37(30)31/h4-21H,1-3H3. The molecule has 0 nitrogen and oxygen atoms in total. The lowest BCUT2D eigenvalue weighted by Crippen LogP contribution is -1.93. The van der Waals surface area contributed by atoms with Crippen molar-refractivity contribution in [2.24, 2.45) is 0 Å². The maximum absolute atomic E-state index is 3.95. The average Bonchev–Trinajstić information content (AvgIpc) is 2.92. The Morgan fingerprint density at radius 1 is 0.395 bits per heavy atom. The quantitative estimate of drug-likeness (QED) is 0.192. The van der Waals surface area contributed by atoms with Crippen molar-refractivity contribution in [1.29, 1.82) is 0 Å². The predicted molar refractivity (Wildman–Crippen MR) is 168 cm³/mol. The first kappa shape index (κ1) is 23.2. The van der Waals surface area contributed by atoms with E-state index in [1.54, 1.807) is 0 Å². The minimum Gasteiger partial charge on any atom is -0.0614 e. The van der Waals surface area contributed by atoms with Gasteiger partial charge in [-0.05, 0) is 98.6 Å². The van der Waals surface area contributed by atoms with Gasteiger partial charge in [0.05, 0.1) is 0 Å². The molecule has 0 atom stereocenters. The lowest BCUT2D eigenvalue weighted by atomic mass is 9.83. The predicted octanol–water partition coefficient (Wildman–Crippen LogP) is 11.3. The molecule has 0 saturated carbocycles. The van der Waals surface area contributed by atoms with Crippen LogP contribution in [0.2, 0.25) is 0 Å². The van der Waals surface area contributed by atoms with Gasteiger partial charge in [-0.2, -0.15) is 0 Å². The zero-order valence-electron chi connectivity index (χ0n) is 21.8. The Hall–Kier alpha value is -3.94. The smallest absolute Gasteiger partial charge is 0.0260 e. The molecule has 0 radical (unpaired) electrons. The van der Waals surface area contributed by atoms with Crippen LogP contribution in [0.5, 0.6) is 0 Å². The van der Waals surface area contributed by atoms with Crippen LogP contribution >= 0.6 is 15.9 Å². The van der Waals surface area contributed by atoms with Gasteiger partial charge in [0.2, 0.25) is 0 Å². The lowest BCUT2D eigenvalue weighted by molar-refractivity contribution is 1.46. The van der Waals surface area contributed by atoms with Crippen molar-refractivity contribution in [1.82, 2.24) is 0 Å². The second-order valence-corrected chi connectivity index (χ2v) is 11.4. The first-order valence-electron chi connectivity index (χ1n) is 13.1. The van der Waals surface area contributed by atoms with E-state index in [4.69, 9.17) is 0 Å². The Bertz CT molecular complexity index is 1950. The van der Waals surface area contributed by atoms with Crippen molar-refractivity contribution in [2.45, 2.75) is 20.8 Å². The Labute approximate surface area is 232 Å². The zero-order valence-corrected chi connectivity index (χ0v) is 23.4. The molecule has 0 fully saturated rings. The van der Waals surface area contributed by atoms with Gasteiger partial charge in [0, 0.05) is 4.47 Å². The molecule has 38 heavy (non-hydrogen) atoms. The summed E-state index contributed by atoms with van der Waals surface area (Å²) in [5, 5.41) is 7.82. The molecule has 7 aromatic rings. The van der Waals surface area contributed by atoms with Crippen LogP contribution in [0.25, 0.3) is 65.7 Å². The van der Waals surface area contributed by atoms with E-state index in [9.17, 15) is 0 Å². The number of aryl methyl sites for hydroxylation is 3. The normalized spacial score (nSPS) is 11.7.